The molecule has 0 saturated heterocycles. The molecule has 5 nitrogen and oxygen atoms in total. The number of amides is 1. The SMILES string of the molecule is COc1ccc(NC(=O)c2ccccc2C#CCO)cn1. The minimum absolute atomic E-state index is 0.252. The van der Waals surface area contributed by atoms with Gasteiger partial charge in [-0.25, -0.2) is 4.98 Å². The van der Waals surface area contributed by atoms with E-state index in [1.807, 2.05) is 0 Å². The standard InChI is InChI=1S/C16H14N2O3/c1-21-15-9-8-13(11-17-15)18-16(20)14-7-3-2-5-12(14)6-4-10-19/h2-3,5,7-9,11,19H,10H2,1H3,(H,18,20). The van der Waals surface area contributed by atoms with Crippen LogP contribution in [0, 0.1) is 11.8 Å². The molecule has 2 N–H and O–H groups in total. The molecule has 5 heteroatoms. The van der Waals surface area contributed by atoms with Gasteiger partial charge in [-0.3, -0.25) is 4.79 Å². The molecular weight excluding hydrogens is 268 g/mol. The van der Waals surface area contributed by atoms with Crippen LogP contribution in [0.3, 0.4) is 0 Å². The predicted molar refractivity (Wildman–Crippen MR) is 79.1 cm³/mol. The second kappa shape index (κ2) is 7.08. The molecule has 1 amide bonds. The fourth-order valence-electron chi connectivity index (χ4n) is 1.70. The lowest BCUT2D eigenvalue weighted by Crippen LogP contribution is -2.13. The summed E-state index contributed by atoms with van der Waals surface area (Å²) in [6, 6.07) is 10.3. The Morgan fingerprint density at radius 3 is 2.81 bits per heavy atom. The Balaban J connectivity index is 2.19. The monoisotopic (exact) mass is 282 g/mol. The van der Waals surface area contributed by atoms with Crippen molar-refractivity contribution in [1.29, 1.82) is 0 Å². The topological polar surface area (TPSA) is 71.5 Å². The number of carbonyl (C=O) groups is 1. The van der Waals surface area contributed by atoms with Gasteiger partial charge in [-0.05, 0) is 18.2 Å². The molecule has 106 valence electrons. The summed E-state index contributed by atoms with van der Waals surface area (Å²) in [5, 5.41) is 11.5. The van der Waals surface area contributed by atoms with Gasteiger partial charge in [0.1, 0.15) is 6.61 Å². The third kappa shape index (κ3) is 3.81. The molecule has 0 fully saturated rings. The number of benzene rings is 1. The molecule has 0 atom stereocenters. The third-order valence-electron chi connectivity index (χ3n) is 2.68. The number of anilines is 1. The third-order valence-corrected chi connectivity index (χ3v) is 2.68. The first-order chi connectivity index (χ1) is 10.2. The Kier molecular flexibility index (Phi) is 4.91. The molecule has 1 aromatic carbocycles. The zero-order valence-corrected chi connectivity index (χ0v) is 11.5. The quantitative estimate of drug-likeness (QED) is 0.840. The molecule has 0 spiro atoms. The van der Waals surface area contributed by atoms with Gasteiger partial charge in [0.2, 0.25) is 5.88 Å². The summed E-state index contributed by atoms with van der Waals surface area (Å²) in [6.45, 7) is -0.252. The van der Waals surface area contributed by atoms with Gasteiger partial charge in [-0.2, -0.15) is 0 Å². The van der Waals surface area contributed by atoms with Gasteiger partial charge in [0.25, 0.3) is 5.91 Å². The number of hydrogen-bond donors (Lipinski definition) is 2. The van der Waals surface area contributed by atoms with E-state index in [0.29, 0.717) is 22.7 Å². The fraction of sp³-hybridized carbons (Fsp3) is 0.125. The van der Waals surface area contributed by atoms with Crippen molar-refractivity contribution in [2.45, 2.75) is 0 Å². The molecule has 2 aromatic rings. The van der Waals surface area contributed by atoms with Gasteiger partial charge in [0, 0.05) is 11.6 Å². The number of aliphatic hydroxyl groups excluding tert-OH is 1. The van der Waals surface area contributed by atoms with Crippen LogP contribution in [0.25, 0.3) is 0 Å². The summed E-state index contributed by atoms with van der Waals surface area (Å²) in [7, 11) is 1.52. The Morgan fingerprint density at radius 1 is 1.33 bits per heavy atom. The maximum absolute atomic E-state index is 12.3. The zero-order valence-electron chi connectivity index (χ0n) is 11.5. The maximum Gasteiger partial charge on any atom is 0.256 e. The van der Waals surface area contributed by atoms with E-state index in [9.17, 15) is 4.79 Å². The van der Waals surface area contributed by atoms with E-state index in [1.165, 1.54) is 13.3 Å². The molecule has 2 rings (SSSR count). The van der Waals surface area contributed by atoms with Gasteiger partial charge in [0.15, 0.2) is 0 Å². The Bertz CT molecular complexity index is 685. The molecule has 1 aromatic heterocycles. The predicted octanol–water partition coefficient (Wildman–Crippen LogP) is 1.69. The molecule has 0 aliphatic heterocycles. The van der Waals surface area contributed by atoms with Gasteiger partial charge in [-0.1, -0.05) is 24.0 Å². The Labute approximate surface area is 122 Å². The lowest BCUT2D eigenvalue weighted by Gasteiger charge is -2.07. The molecule has 0 saturated carbocycles. The molecule has 0 radical (unpaired) electrons. The van der Waals surface area contributed by atoms with E-state index in [4.69, 9.17) is 9.84 Å². The molecule has 0 aliphatic rings. The minimum atomic E-state index is -0.287. The van der Waals surface area contributed by atoms with Gasteiger partial charge in [-0.15, -0.1) is 0 Å². The first kappa shape index (κ1) is 14.6. The summed E-state index contributed by atoms with van der Waals surface area (Å²) in [5.41, 5.74) is 1.56. The van der Waals surface area contributed by atoms with E-state index in [1.54, 1.807) is 36.4 Å². The number of aromatic nitrogens is 1. The zero-order chi connectivity index (χ0) is 15.1. The number of nitrogens with zero attached hydrogens (tertiary/aromatic N) is 1. The number of hydrogen-bond acceptors (Lipinski definition) is 4. The van der Waals surface area contributed by atoms with Gasteiger partial charge < -0.3 is 15.2 Å². The van der Waals surface area contributed by atoms with Crippen LogP contribution in [-0.2, 0) is 0 Å². The van der Waals surface area contributed by atoms with Crippen molar-refractivity contribution in [3.63, 3.8) is 0 Å². The minimum Gasteiger partial charge on any atom is -0.481 e. The summed E-state index contributed by atoms with van der Waals surface area (Å²) in [5.74, 6) is 5.47. The summed E-state index contributed by atoms with van der Waals surface area (Å²) >= 11 is 0. The van der Waals surface area contributed by atoms with E-state index in [0.717, 1.165) is 0 Å². The normalized spacial score (nSPS) is 9.43. The number of pyridine rings is 1. The summed E-state index contributed by atoms with van der Waals surface area (Å²) in [6.07, 6.45) is 1.51. The summed E-state index contributed by atoms with van der Waals surface area (Å²) in [4.78, 5) is 16.3. The van der Waals surface area contributed by atoms with E-state index < -0.39 is 0 Å². The highest BCUT2D eigenvalue weighted by molar-refractivity contribution is 6.05. The van der Waals surface area contributed by atoms with Crippen LogP contribution in [0.5, 0.6) is 5.88 Å². The van der Waals surface area contributed by atoms with Crippen molar-refractivity contribution in [3.8, 4) is 17.7 Å². The van der Waals surface area contributed by atoms with Crippen LogP contribution in [-0.4, -0.2) is 29.7 Å². The van der Waals surface area contributed by atoms with Crippen LogP contribution in [0.4, 0.5) is 5.69 Å². The number of aliphatic hydroxyl groups is 1. The molecule has 0 bridgehead atoms. The Morgan fingerprint density at radius 2 is 2.14 bits per heavy atom. The van der Waals surface area contributed by atoms with Crippen LogP contribution in [0.1, 0.15) is 15.9 Å². The molecule has 21 heavy (non-hydrogen) atoms. The number of nitrogens with one attached hydrogen (secondary N) is 1. The first-order valence-corrected chi connectivity index (χ1v) is 6.24. The number of methoxy groups -OCH3 is 1. The van der Waals surface area contributed by atoms with Crippen molar-refractivity contribution in [2.24, 2.45) is 0 Å². The highest BCUT2D eigenvalue weighted by Crippen LogP contribution is 2.14. The molecule has 0 aliphatic carbocycles. The van der Waals surface area contributed by atoms with Crippen molar-refractivity contribution < 1.29 is 14.6 Å². The highest BCUT2D eigenvalue weighted by Gasteiger charge is 2.10. The van der Waals surface area contributed by atoms with Crippen molar-refractivity contribution >= 4 is 11.6 Å². The van der Waals surface area contributed by atoms with Crippen LogP contribution >= 0.6 is 0 Å². The Hall–Kier alpha value is -2.84. The summed E-state index contributed by atoms with van der Waals surface area (Å²) < 4.78 is 4.96. The number of rotatable bonds is 3. The molecule has 1 heterocycles. The van der Waals surface area contributed by atoms with Crippen molar-refractivity contribution in [2.75, 3.05) is 19.0 Å². The largest absolute Gasteiger partial charge is 0.481 e. The number of carbonyl (C=O) groups excluding carboxylic acids is 1. The van der Waals surface area contributed by atoms with Crippen LogP contribution in [0.15, 0.2) is 42.6 Å². The molecular formula is C16H14N2O3. The lowest BCUT2D eigenvalue weighted by molar-refractivity contribution is 0.102. The van der Waals surface area contributed by atoms with E-state index in [2.05, 4.69) is 22.1 Å². The maximum atomic E-state index is 12.3. The van der Waals surface area contributed by atoms with E-state index in [-0.39, 0.29) is 12.5 Å². The second-order valence-corrected chi connectivity index (χ2v) is 4.05. The average Bonchev–Trinajstić information content (AvgIpc) is 2.54. The van der Waals surface area contributed by atoms with Crippen LogP contribution in [0.2, 0.25) is 0 Å². The first-order valence-electron chi connectivity index (χ1n) is 6.24. The van der Waals surface area contributed by atoms with Crippen molar-refractivity contribution in [3.05, 3.63) is 53.7 Å². The number of ether oxygens (including phenoxy) is 1. The van der Waals surface area contributed by atoms with Crippen LogP contribution < -0.4 is 10.1 Å². The fourth-order valence-corrected chi connectivity index (χ4v) is 1.70. The van der Waals surface area contributed by atoms with E-state index >= 15 is 0 Å². The lowest BCUT2D eigenvalue weighted by atomic mass is 10.1. The average molecular weight is 282 g/mol. The second-order valence-electron chi connectivity index (χ2n) is 4.05. The van der Waals surface area contributed by atoms with Gasteiger partial charge in [0.05, 0.1) is 24.6 Å². The van der Waals surface area contributed by atoms with Crippen molar-refractivity contribution in [1.82, 2.24) is 4.98 Å². The molecule has 0 unspecified atom stereocenters. The highest BCUT2D eigenvalue weighted by atomic mass is 16.5. The smallest absolute Gasteiger partial charge is 0.256 e. The van der Waals surface area contributed by atoms with Gasteiger partial charge >= 0.3 is 0 Å².